The number of ether oxygens (including phenoxy) is 1. The molecule has 1 saturated heterocycles. The van der Waals surface area contributed by atoms with Crippen molar-refractivity contribution in [3.05, 3.63) is 0 Å². The number of nitrogens with one attached hydrogen (secondary N) is 1. The summed E-state index contributed by atoms with van der Waals surface area (Å²) in [6.07, 6.45) is 2.78. The maximum absolute atomic E-state index is 8.36. The van der Waals surface area contributed by atoms with Crippen LogP contribution in [0, 0.1) is 0 Å². The van der Waals surface area contributed by atoms with Crippen molar-refractivity contribution in [2.24, 2.45) is 10.9 Å². The molecule has 4 N–H and O–H groups in total. The van der Waals surface area contributed by atoms with Crippen molar-refractivity contribution in [2.45, 2.75) is 44.8 Å². The molecule has 2 unspecified atom stereocenters. The van der Waals surface area contributed by atoms with Crippen molar-refractivity contribution in [1.82, 2.24) is 5.32 Å². The van der Waals surface area contributed by atoms with Gasteiger partial charge in [-0.25, -0.2) is 0 Å². The van der Waals surface area contributed by atoms with Crippen molar-refractivity contribution in [3.8, 4) is 0 Å². The predicted octanol–water partition coefficient (Wildman–Crippen LogP) is 0.670. The van der Waals surface area contributed by atoms with Crippen LogP contribution in [0.3, 0.4) is 0 Å². The maximum atomic E-state index is 8.36. The van der Waals surface area contributed by atoms with Gasteiger partial charge >= 0.3 is 0 Å². The van der Waals surface area contributed by atoms with Gasteiger partial charge in [0.1, 0.15) is 5.84 Å². The first-order valence-electron chi connectivity index (χ1n) is 5.41. The van der Waals surface area contributed by atoms with E-state index in [4.69, 9.17) is 15.7 Å². The lowest BCUT2D eigenvalue weighted by atomic mass is 9.94. The zero-order chi connectivity index (χ0) is 11.3. The number of oxime groups is 1. The van der Waals surface area contributed by atoms with Gasteiger partial charge in [-0.05, 0) is 33.2 Å². The van der Waals surface area contributed by atoms with E-state index in [0.29, 0.717) is 6.42 Å². The van der Waals surface area contributed by atoms with Crippen LogP contribution in [0.1, 0.15) is 33.1 Å². The van der Waals surface area contributed by atoms with Gasteiger partial charge in [-0.2, -0.15) is 0 Å². The third-order valence-electron chi connectivity index (χ3n) is 3.15. The van der Waals surface area contributed by atoms with E-state index >= 15 is 0 Å². The van der Waals surface area contributed by atoms with Crippen LogP contribution in [0.2, 0.25) is 0 Å². The first-order valence-corrected chi connectivity index (χ1v) is 5.41. The molecule has 1 fully saturated rings. The van der Waals surface area contributed by atoms with E-state index in [9.17, 15) is 0 Å². The molecule has 0 spiro atoms. The Morgan fingerprint density at radius 3 is 3.00 bits per heavy atom. The topological polar surface area (TPSA) is 79.9 Å². The molecular formula is C10H21N3O2. The minimum Gasteiger partial charge on any atom is -0.409 e. The van der Waals surface area contributed by atoms with E-state index in [2.05, 4.69) is 24.3 Å². The molecule has 0 aromatic rings. The molecule has 1 aliphatic heterocycles. The highest BCUT2D eigenvalue weighted by Gasteiger charge is 2.35. The molecule has 1 heterocycles. The van der Waals surface area contributed by atoms with Gasteiger partial charge in [0, 0.05) is 18.6 Å². The van der Waals surface area contributed by atoms with Crippen LogP contribution in [-0.4, -0.2) is 35.8 Å². The molecule has 5 heteroatoms. The van der Waals surface area contributed by atoms with Crippen LogP contribution in [0.15, 0.2) is 5.16 Å². The molecule has 0 aliphatic carbocycles. The average molecular weight is 215 g/mol. The third-order valence-corrected chi connectivity index (χ3v) is 3.15. The number of amidine groups is 1. The van der Waals surface area contributed by atoms with Crippen LogP contribution < -0.4 is 11.1 Å². The van der Waals surface area contributed by atoms with Crippen LogP contribution in [0.5, 0.6) is 0 Å². The summed E-state index contributed by atoms with van der Waals surface area (Å²) in [6.45, 7) is 5.95. The Balaban J connectivity index is 2.19. The Morgan fingerprint density at radius 1 is 1.73 bits per heavy atom. The summed E-state index contributed by atoms with van der Waals surface area (Å²) in [5, 5.41) is 14.8. The van der Waals surface area contributed by atoms with E-state index in [1.807, 2.05) is 0 Å². The summed E-state index contributed by atoms with van der Waals surface area (Å²) in [5.74, 6) is 0.290. The van der Waals surface area contributed by atoms with Gasteiger partial charge in [0.15, 0.2) is 0 Å². The minimum absolute atomic E-state index is 0.0745. The van der Waals surface area contributed by atoms with Gasteiger partial charge in [-0.3, -0.25) is 0 Å². The molecule has 0 saturated carbocycles. The third kappa shape index (κ3) is 3.35. The Kier molecular flexibility index (Phi) is 4.35. The van der Waals surface area contributed by atoms with Gasteiger partial charge in [-0.1, -0.05) is 5.16 Å². The van der Waals surface area contributed by atoms with E-state index in [1.165, 1.54) is 0 Å². The van der Waals surface area contributed by atoms with Crippen LogP contribution in [0.25, 0.3) is 0 Å². The van der Waals surface area contributed by atoms with Gasteiger partial charge in [0.25, 0.3) is 0 Å². The number of hydrogen-bond donors (Lipinski definition) is 3. The molecule has 0 aromatic heterocycles. The van der Waals surface area contributed by atoms with Crippen molar-refractivity contribution in [2.75, 3.05) is 13.2 Å². The van der Waals surface area contributed by atoms with Crippen molar-refractivity contribution >= 4 is 5.84 Å². The van der Waals surface area contributed by atoms with E-state index in [0.717, 1.165) is 26.0 Å². The second-order valence-corrected chi connectivity index (χ2v) is 4.30. The van der Waals surface area contributed by atoms with Gasteiger partial charge in [0.05, 0.1) is 6.10 Å². The van der Waals surface area contributed by atoms with Crippen molar-refractivity contribution in [1.29, 1.82) is 0 Å². The van der Waals surface area contributed by atoms with Gasteiger partial charge in [-0.15, -0.1) is 0 Å². The molecule has 0 radical (unpaired) electrons. The van der Waals surface area contributed by atoms with E-state index in [1.54, 1.807) is 0 Å². The summed E-state index contributed by atoms with van der Waals surface area (Å²) in [6, 6.07) is 0. The number of nitrogens with two attached hydrogens (primary N) is 1. The largest absolute Gasteiger partial charge is 0.409 e. The standard InChI is InChI=1S/C10H21N3O2/c1-8-10(2,5-7-15-8)12-6-3-4-9(11)13-14/h8,12,14H,3-7H2,1-2H3,(H2,11,13). The maximum Gasteiger partial charge on any atom is 0.139 e. The Labute approximate surface area is 90.7 Å². The lowest BCUT2D eigenvalue weighted by molar-refractivity contribution is 0.0888. The van der Waals surface area contributed by atoms with E-state index < -0.39 is 0 Å². The molecule has 0 bridgehead atoms. The summed E-state index contributed by atoms with van der Waals surface area (Å²) in [5.41, 5.74) is 5.45. The first-order chi connectivity index (χ1) is 7.08. The second-order valence-electron chi connectivity index (χ2n) is 4.30. The Bertz CT molecular complexity index is 233. The number of rotatable bonds is 5. The summed E-state index contributed by atoms with van der Waals surface area (Å²) in [4.78, 5) is 0. The van der Waals surface area contributed by atoms with Crippen LogP contribution >= 0.6 is 0 Å². The van der Waals surface area contributed by atoms with Crippen molar-refractivity contribution in [3.63, 3.8) is 0 Å². The zero-order valence-electron chi connectivity index (χ0n) is 9.49. The number of hydrogen-bond acceptors (Lipinski definition) is 4. The fraction of sp³-hybridized carbons (Fsp3) is 0.900. The zero-order valence-corrected chi connectivity index (χ0v) is 9.49. The number of nitrogens with zero attached hydrogens (tertiary/aromatic N) is 1. The molecule has 5 nitrogen and oxygen atoms in total. The highest BCUT2D eigenvalue weighted by molar-refractivity contribution is 5.79. The van der Waals surface area contributed by atoms with Crippen molar-refractivity contribution < 1.29 is 9.94 Å². The Morgan fingerprint density at radius 2 is 2.47 bits per heavy atom. The second kappa shape index (κ2) is 5.32. The smallest absolute Gasteiger partial charge is 0.139 e. The SMILES string of the molecule is CC1OCCC1(C)NCCCC(N)=NO. The summed E-state index contributed by atoms with van der Waals surface area (Å²) < 4.78 is 5.52. The normalized spacial score (nSPS) is 32.1. The molecule has 0 aromatic carbocycles. The summed E-state index contributed by atoms with van der Waals surface area (Å²) in [7, 11) is 0. The monoisotopic (exact) mass is 215 g/mol. The molecule has 2 atom stereocenters. The lowest BCUT2D eigenvalue weighted by Gasteiger charge is -2.29. The fourth-order valence-electron chi connectivity index (χ4n) is 1.76. The van der Waals surface area contributed by atoms with Crippen LogP contribution in [0.4, 0.5) is 0 Å². The minimum atomic E-state index is 0.0745. The fourth-order valence-corrected chi connectivity index (χ4v) is 1.76. The Hall–Kier alpha value is -0.810. The molecule has 0 amide bonds. The highest BCUT2D eigenvalue weighted by atomic mass is 16.5. The average Bonchev–Trinajstić information content (AvgIpc) is 2.54. The molecule has 15 heavy (non-hydrogen) atoms. The first kappa shape index (κ1) is 12.3. The van der Waals surface area contributed by atoms with Gasteiger partial charge < -0.3 is 21.0 Å². The molecular weight excluding hydrogens is 194 g/mol. The molecule has 88 valence electrons. The lowest BCUT2D eigenvalue weighted by Crippen LogP contribution is -2.48. The molecule has 1 aliphatic rings. The quantitative estimate of drug-likeness (QED) is 0.207. The summed E-state index contributed by atoms with van der Waals surface area (Å²) >= 11 is 0. The van der Waals surface area contributed by atoms with Crippen LogP contribution in [-0.2, 0) is 4.74 Å². The van der Waals surface area contributed by atoms with Gasteiger partial charge in [0.2, 0.25) is 0 Å². The molecule has 1 rings (SSSR count). The highest BCUT2D eigenvalue weighted by Crippen LogP contribution is 2.24. The van der Waals surface area contributed by atoms with E-state index in [-0.39, 0.29) is 17.5 Å². The predicted molar refractivity (Wildman–Crippen MR) is 59.1 cm³/mol.